The largest absolute Gasteiger partial charge is 0.462 e. The van der Waals surface area contributed by atoms with Gasteiger partial charge >= 0.3 is 17.9 Å². The Morgan fingerprint density at radius 3 is 0.725 bits per heavy atom. The zero-order valence-electron chi connectivity index (χ0n) is 54.1. The van der Waals surface area contributed by atoms with Gasteiger partial charge in [-0.05, 0) is 57.8 Å². The minimum Gasteiger partial charge on any atom is -0.462 e. The van der Waals surface area contributed by atoms with E-state index in [1.807, 2.05) is 0 Å². The predicted molar refractivity (Wildman–Crippen MR) is 349 cm³/mol. The van der Waals surface area contributed by atoms with E-state index >= 15 is 0 Å². The number of rotatable bonds is 67. The van der Waals surface area contributed by atoms with Gasteiger partial charge < -0.3 is 14.2 Å². The van der Waals surface area contributed by atoms with Gasteiger partial charge in [-0.25, -0.2) is 0 Å². The van der Waals surface area contributed by atoms with Gasteiger partial charge in [0.05, 0.1) is 0 Å². The first-order valence-corrected chi connectivity index (χ1v) is 36.0. The maximum Gasteiger partial charge on any atom is 0.306 e. The number of unbranched alkanes of at least 4 members (excludes halogenated alkanes) is 50. The molecule has 0 aromatic carbocycles. The molecule has 0 bridgehead atoms. The maximum atomic E-state index is 13.0. The lowest BCUT2D eigenvalue weighted by Gasteiger charge is -2.18. The third kappa shape index (κ3) is 66.4. The van der Waals surface area contributed by atoms with Crippen molar-refractivity contribution < 1.29 is 28.6 Å². The molecule has 0 spiro atoms. The van der Waals surface area contributed by atoms with Crippen LogP contribution in [0.15, 0.2) is 36.5 Å². The summed E-state index contributed by atoms with van der Waals surface area (Å²) in [6.45, 7) is 6.69. The van der Waals surface area contributed by atoms with Crippen molar-refractivity contribution in [3.05, 3.63) is 36.5 Å². The van der Waals surface area contributed by atoms with E-state index in [4.69, 9.17) is 14.2 Å². The van der Waals surface area contributed by atoms with Crippen molar-refractivity contribution in [2.75, 3.05) is 13.2 Å². The van der Waals surface area contributed by atoms with E-state index < -0.39 is 6.10 Å². The molecule has 0 rings (SSSR count). The number of hydrogen-bond acceptors (Lipinski definition) is 6. The van der Waals surface area contributed by atoms with E-state index in [1.54, 1.807) is 0 Å². The van der Waals surface area contributed by atoms with Crippen LogP contribution in [0.2, 0.25) is 0 Å². The molecule has 0 saturated carbocycles. The van der Waals surface area contributed by atoms with Crippen LogP contribution in [0.3, 0.4) is 0 Å². The fourth-order valence-electron chi connectivity index (χ4n) is 11.0. The Morgan fingerprint density at radius 1 is 0.250 bits per heavy atom. The summed E-state index contributed by atoms with van der Waals surface area (Å²) < 4.78 is 17.0. The van der Waals surface area contributed by atoms with Crippen LogP contribution in [-0.4, -0.2) is 37.2 Å². The smallest absolute Gasteiger partial charge is 0.306 e. The van der Waals surface area contributed by atoms with Crippen molar-refractivity contribution in [1.82, 2.24) is 0 Å². The van der Waals surface area contributed by atoms with Gasteiger partial charge in [0.2, 0.25) is 0 Å². The second-order valence-corrected chi connectivity index (χ2v) is 24.5. The quantitative estimate of drug-likeness (QED) is 0.0261. The van der Waals surface area contributed by atoms with Crippen molar-refractivity contribution in [1.29, 1.82) is 0 Å². The first-order chi connectivity index (χ1) is 39.5. The maximum absolute atomic E-state index is 13.0. The Kier molecular flexibility index (Phi) is 67.1. The molecular formula is C74H138O6. The highest BCUT2D eigenvalue weighted by Gasteiger charge is 2.19. The van der Waals surface area contributed by atoms with E-state index in [2.05, 4.69) is 57.2 Å². The normalized spacial score (nSPS) is 12.2. The first-order valence-electron chi connectivity index (χ1n) is 36.0. The third-order valence-electron chi connectivity index (χ3n) is 16.4. The van der Waals surface area contributed by atoms with Crippen LogP contribution in [0.25, 0.3) is 0 Å². The van der Waals surface area contributed by atoms with Crippen molar-refractivity contribution >= 4 is 17.9 Å². The molecule has 470 valence electrons. The topological polar surface area (TPSA) is 78.9 Å². The van der Waals surface area contributed by atoms with E-state index in [0.29, 0.717) is 19.3 Å². The van der Waals surface area contributed by atoms with Gasteiger partial charge in [-0.2, -0.15) is 0 Å². The van der Waals surface area contributed by atoms with Crippen LogP contribution in [0, 0.1) is 0 Å². The second-order valence-electron chi connectivity index (χ2n) is 24.5. The fourth-order valence-corrected chi connectivity index (χ4v) is 11.0. The van der Waals surface area contributed by atoms with E-state index in [9.17, 15) is 14.4 Å². The predicted octanol–water partition coefficient (Wildman–Crippen LogP) is 24.7. The lowest BCUT2D eigenvalue weighted by Crippen LogP contribution is -2.30. The van der Waals surface area contributed by atoms with Gasteiger partial charge in [-0.1, -0.05) is 359 Å². The van der Waals surface area contributed by atoms with Gasteiger partial charge in [-0.15, -0.1) is 0 Å². The van der Waals surface area contributed by atoms with Crippen LogP contribution >= 0.6 is 0 Å². The summed E-state index contributed by atoms with van der Waals surface area (Å²) in [4.78, 5) is 38.5. The lowest BCUT2D eigenvalue weighted by atomic mass is 10.0. The van der Waals surface area contributed by atoms with Crippen LogP contribution in [0.1, 0.15) is 400 Å². The van der Waals surface area contributed by atoms with Crippen LogP contribution < -0.4 is 0 Å². The highest BCUT2D eigenvalue weighted by atomic mass is 16.6. The SMILES string of the molecule is CCCCC/C=C\C/C=C\C/C=C\CCCCCCCCC(=O)OC(COC(=O)CCCCCCCCCCCCCCCCCCC)COC(=O)CCCCCCCCCCCCCCCCCCCCCCCCCCCC. The highest BCUT2D eigenvalue weighted by molar-refractivity contribution is 5.71. The lowest BCUT2D eigenvalue weighted by molar-refractivity contribution is -0.167. The van der Waals surface area contributed by atoms with Gasteiger partial charge in [-0.3, -0.25) is 14.4 Å². The average molecular weight is 1120 g/mol. The Labute approximate surface area is 499 Å². The van der Waals surface area contributed by atoms with Crippen molar-refractivity contribution in [2.24, 2.45) is 0 Å². The molecule has 0 aliphatic carbocycles. The number of carbonyl (C=O) groups is 3. The van der Waals surface area contributed by atoms with Gasteiger partial charge in [0.15, 0.2) is 6.10 Å². The number of hydrogen-bond donors (Lipinski definition) is 0. The van der Waals surface area contributed by atoms with Gasteiger partial charge in [0, 0.05) is 19.3 Å². The number of esters is 3. The summed E-state index contributed by atoms with van der Waals surface area (Å²) in [5.41, 5.74) is 0. The zero-order chi connectivity index (χ0) is 57.8. The summed E-state index contributed by atoms with van der Waals surface area (Å²) in [6.07, 6.45) is 86.0. The molecule has 1 atom stereocenters. The number of ether oxygens (including phenoxy) is 3. The van der Waals surface area contributed by atoms with Crippen LogP contribution in [0.5, 0.6) is 0 Å². The summed E-state index contributed by atoms with van der Waals surface area (Å²) in [5.74, 6) is -0.852. The Balaban J connectivity index is 4.27. The third-order valence-corrected chi connectivity index (χ3v) is 16.4. The summed E-state index contributed by atoms with van der Waals surface area (Å²) in [7, 11) is 0. The summed E-state index contributed by atoms with van der Waals surface area (Å²) >= 11 is 0. The minimum absolute atomic E-state index is 0.0717. The molecule has 0 aliphatic rings. The van der Waals surface area contributed by atoms with Crippen LogP contribution in [-0.2, 0) is 28.6 Å². The Bertz CT molecular complexity index is 1340. The van der Waals surface area contributed by atoms with Crippen molar-refractivity contribution in [3.63, 3.8) is 0 Å². The highest BCUT2D eigenvalue weighted by Crippen LogP contribution is 2.19. The molecule has 0 aromatic rings. The minimum atomic E-state index is -0.777. The average Bonchev–Trinajstić information content (AvgIpc) is 3.46. The molecule has 0 heterocycles. The monoisotopic (exact) mass is 1120 g/mol. The molecule has 0 aliphatic heterocycles. The molecule has 1 unspecified atom stereocenters. The Hall–Kier alpha value is -2.37. The fraction of sp³-hybridized carbons (Fsp3) is 0.878. The molecule has 0 fully saturated rings. The van der Waals surface area contributed by atoms with Crippen LogP contribution in [0.4, 0.5) is 0 Å². The molecular weight excluding hydrogens is 985 g/mol. The summed E-state index contributed by atoms with van der Waals surface area (Å²) in [6, 6.07) is 0. The number of allylic oxidation sites excluding steroid dienone is 6. The Morgan fingerprint density at radius 2 is 0.450 bits per heavy atom. The molecule has 6 nitrogen and oxygen atoms in total. The molecule has 0 N–H and O–H groups in total. The molecule has 6 heteroatoms. The molecule has 0 aromatic heterocycles. The first kappa shape index (κ1) is 77.6. The second kappa shape index (κ2) is 69.1. The van der Waals surface area contributed by atoms with Crippen molar-refractivity contribution in [2.45, 2.75) is 406 Å². The van der Waals surface area contributed by atoms with E-state index in [0.717, 1.165) is 77.0 Å². The number of carbonyl (C=O) groups excluding carboxylic acids is 3. The summed E-state index contributed by atoms with van der Waals surface area (Å²) in [5, 5.41) is 0. The van der Waals surface area contributed by atoms with E-state index in [1.165, 1.54) is 283 Å². The zero-order valence-corrected chi connectivity index (χ0v) is 54.1. The van der Waals surface area contributed by atoms with Crippen molar-refractivity contribution in [3.8, 4) is 0 Å². The van der Waals surface area contributed by atoms with Gasteiger partial charge in [0.1, 0.15) is 13.2 Å². The molecule has 0 amide bonds. The van der Waals surface area contributed by atoms with Gasteiger partial charge in [0.25, 0.3) is 0 Å². The molecule has 0 radical (unpaired) electrons. The standard InChI is InChI=1S/C74H138O6/c1-4-7-10-13-16-19-22-25-28-31-33-34-35-36-37-38-39-41-43-46-49-52-55-58-61-64-67-73(76)79-70-71(69-78-72(75)66-63-60-57-54-51-48-45-42-30-27-24-21-18-15-12-9-6-3)80-74(77)68-65-62-59-56-53-50-47-44-40-32-29-26-23-20-17-14-11-8-5-2/h17,20,26,29,40,44,71H,4-16,18-19,21-25,27-28,30-39,41-43,45-70H2,1-3H3/b20-17-,29-26-,44-40-. The van der Waals surface area contributed by atoms with E-state index in [-0.39, 0.29) is 31.1 Å². The molecule has 80 heavy (non-hydrogen) atoms. The molecule has 0 saturated heterocycles.